The summed E-state index contributed by atoms with van der Waals surface area (Å²) in [4.78, 5) is 17.8. The van der Waals surface area contributed by atoms with Crippen LogP contribution in [0, 0.1) is 0 Å². The average Bonchev–Trinajstić information content (AvgIpc) is 3.12. The maximum atomic E-state index is 13.2. The SMILES string of the molecule is CN(C)S(=O)(=O)c1ccc(Cl)c(C(=O)Nc2c(-c3ccccc3)nc3ccccn23)c1. The molecule has 0 atom stereocenters. The number of hydrogen-bond donors (Lipinski definition) is 1. The molecule has 1 amide bonds. The number of nitrogens with one attached hydrogen (secondary N) is 1. The maximum absolute atomic E-state index is 13.2. The molecule has 0 saturated heterocycles. The van der Waals surface area contributed by atoms with Crippen LogP contribution in [0.4, 0.5) is 5.82 Å². The summed E-state index contributed by atoms with van der Waals surface area (Å²) in [5.41, 5.74) is 2.13. The van der Waals surface area contributed by atoms with Gasteiger partial charge >= 0.3 is 0 Å². The molecule has 2 heterocycles. The number of anilines is 1. The van der Waals surface area contributed by atoms with E-state index in [2.05, 4.69) is 10.3 Å². The molecule has 0 aliphatic rings. The van der Waals surface area contributed by atoms with E-state index in [0.717, 1.165) is 9.87 Å². The zero-order valence-corrected chi connectivity index (χ0v) is 18.4. The van der Waals surface area contributed by atoms with Crippen LogP contribution < -0.4 is 5.32 Å². The highest BCUT2D eigenvalue weighted by Crippen LogP contribution is 2.30. The quantitative estimate of drug-likeness (QED) is 0.490. The number of sulfonamides is 1. The molecular formula is C22H19ClN4O3S. The van der Waals surface area contributed by atoms with Crippen LogP contribution in [-0.4, -0.2) is 42.1 Å². The molecule has 9 heteroatoms. The number of benzene rings is 2. The largest absolute Gasteiger partial charge is 0.306 e. The van der Waals surface area contributed by atoms with Crippen molar-refractivity contribution in [1.82, 2.24) is 13.7 Å². The van der Waals surface area contributed by atoms with Crippen molar-refractivity contribution in [3.63, 3.8) is 0 Å². The summed E-state index contributed by atoms with van der Waals surface area (Å²) in [6.45, 7) is 0. The molecule has 4 rings (SSSR count). The lowest BCUT2D eigenvalue weighted by Gasteiger charge is -2.13. The second-order valence-electron chi connectivity index (χ2n) is 6.99. The Kier molecular flexibility index (Phi) is 5.53. The normalized spacial score (nSPS) is 11.7. The molecule has 0 saturated carbocycles. The Morgan fingerprint density at radius 3 is 2.45 bits per heavy atom. The lowest BCUT2D eigenvalue weighted by molar-refractivity contribution is 0.102. The van der Waals surface area contributed by atoms with E-state index in [1.165, 1.54) is 32.3 Å². The molecule has 158 valence electrons. The van der Waals surface area contributed by atoms with E-state index in [1.54, 1.807) is 10.6 Å². The first-order valence-corrected chi connectivity index (χ1v) is 11.2. The molecule has 0 fully saturated rings. The van der Waals surface area contributed by atoms with Crippen LogP contribution in [0.3, 0.4) is 0 Å². The molecule has 1 N–H and O–H groups in total. The Balaban J connectivity index is 1.80. The van der Waals surface area contributed by atoms with E-state index in [-0.39, 0.29) is 15.5 Å². The first kappa shape index (κ1) is 21.0. The van der Waals surface area contributed by atoms with Gasteiger partial charge in [-0.05, 0) is 30.3 Å². The molecule has 0 aliphatic carbocycles. The maximum Gasteiger partial charge on any atom is 0.258 e. The Morgan fingerprint density at radius 1 is 1.03 bits per heavy atom. The van der Waals surface area contributed by atoms with Crippen LogP contribution in [0.25, 0.3) is 16.9 Å². The predicted molar refractivity (Wildman–Crippen MR) is 121 cm³/mol. The third-order valence-electron chi connectivity index (χ3n) is 4.77. The van der Waals surface area contributed by atoms with Gasteiger partial charge in [-0.15, -0.1) is 0 Å². The van der Waals surface area contributed by atoms with Gasteiger partial charge in [0.15, 0.2) is 0 Å². The summed E-state index contributed by atoms with van der Waals surface area (Å²) < 4.78 is 27.8. The second kappa shape index (κ2) is 8.14. The van der Waals surface area contributed by atoms with Crippen molar-refractivity contribution in [3.05, 3.63) is 83.5 Å². The van der Waals surface area contributed by atoms with Gasteiger partial charge in [0.1, 0.15) is 17.2 Å². The highest BCUT2D eigenvalue weighted by molar-refractivity contribution is 7.89. The van der Waals surface area contributed by atoms with Gasteiger partial charge in [0.25, 0.3) is 5.91 Å². The minimum Gasteiger partial charge on any atom is -0.306 e. The fraction of sp³-hybridized carbons (Fsp3) is 0.0909. The standard InChI is InChI=1S/C22H19ClN4O3S/c1-26(2)31(29,30)16-11-12-18(23)17(14-16)22(28)25-21-20(15-8-4-3-5-9-15)24-19-10-6-7-13-27(19)21/h3-14H,1-2H3,(H,25,28). The van der Waals surface area contributed by atoms with Gasteiger partial charge in [-0.1, -0.05) is 48.0 Å². The number of carbonyl (C=O) groups excluding carboxylic acids is 1. The van der Waals surface area contributed by atoms with Crippen molar-refractivity contribution in [2.75, 3.05) is 19.4 Å². The molecule has 0 spiro atoms. The highest BCUT2D eigenvalue weighted by atomic mass is 35.5. The lowest BCUT2D eigenvalue weighted by atomic mass is 10.1. The Hall–Kier alpha value is -3.20. The predicted octanol–water partition coefficient (Wildman–Crippen LogP) is 4.16. The van der Waals surface area contributed by atoms with Crippen LogP contribution in [0.15, 0.2) is 77.8 Å². The van der Waals surface area contributed by atoms with Gasteiger partial charge in [0.05, 0.1) is 15.5 Å². The Labute approximate surface area is 185 Å². The fourth-order valence-electron chi connectivity index (χ4n) is 3.14. The van der Waals surface area contributed by atoms with Crippen molar-refractivity contribution < 1.29 is 13.2 Å². The number of rotatable bonds is 5. The van der Waals surface area contributed by atoms with Crippen LogP contribution in [0.2, 0.25) is 5.02 Å². The third kappa shape index (κ3) is 3.93. The number of amides is 1. The van der Waals surface area contributed by atoms with Gasteiger partial charge in [-0.25, -0.2) is 17.7 Å². The topological polar surface area (TPSA) is 83.8 Å². The summed E-state index contributed by atoms with van der Waals surface area (Å²) in [6.07, 6.45) is 1.79. The van der Waals surface area contributed by atoms with Gasteiger partial charge in [0, 0.05) is 25.9 Å². The van der Waals surface area contributed by atoms with E-state index in [4.69, 9.17) is 11.6 Å². The Bertz CT molecular complexity index is 1380. The first-order chi connectivity index (χ1) is 14.8. The zero-order chi connectivity index (χ0) is 22.2. The summed E-state index contributed by atoms with van der Waals surface area (Å²) in [6, 6.07) is 19.0. The van der Waals surface area contributed by atoms with Gasteiger partial charge < -0.3 is 5.32 Å². The molecule has 31 heavy (non-hydrogen) atoms. The van der Waals surface area contributed by atoms with E-state index in [1.807, 2.05) is 48.5 Å². The van der Waals surface area contributed by atoms with Crippen LogP contribution >= 0.6 is 11.6 Å². The third-order valence-corrected chi connectivity index (χ3v) is 6.91. The number of hydrogen-bond acceptors (Lipinski definition) is 4. The summed E-state index contributed by atoms with van der Waals surface area (Å²) in [5.74, 6) is -0.0765. The molecule has 7 nitrogen and oxygen atoms in total. The summed E-state index contributed by atoms with van der Waals surface area (Å²) >= 11 is 6.24. The van der Waals surface area contributed by atoms with Crippen LogP contribution in [0.5, 0.6) is 0 Å². The molecule has 0 aliphatic heterocycles. The van der Waals surface area contributed by atoms with E-state index in [9.17, 15) is 13.2 Å². The molecule has 0 unspecified atom stereocenters. The van der Waals surface area contributed by atoms with Gasteiger partial charge in [-0.3, -0.25) is 9.20 Å². The fourth-order valence-corrected chi connectivity index (χ4v) is 4.27. The number of fused-ring (bicyclic) bond motifs is 1. The lowest BCUT2D eigenvalue weighted by Crippen LogP contribution is -2.23. The van der Waals surface area contributed by atoms with Crippen molar-refractivity contribution in [1.29, 1.82) is 0 Å². The zero-order valence-electron chi connectivity index (χ0n) is 16.8. The number of aromatic nitrogens is 2. The molecule has 2 aromatic heterocycles. The number of imidazole rings is 1. The monoisotopic (exact) mass is 454 g/mol. The number of carbonyl (C=O) groups is 1. The second-order valence-corrected chi connectivity index (χ2v) is 9.55. The van der Waals surface area contributed by atoms with Crippen molar-refractivity contribution in [2.24, 2.45) is 0 Å². The molecular weight excluding hydrogens is 436 g/mol. The molecule has 2 aromatic carbocycles. The summed E-state index contributed by atoms with van der Waals surface area (Å²) in [5, 5.41) is 3.01. The average molecular weight is 455 g/mol. The smallest absolute Gasteiger partial charge is 0.258 e. The highest BCUT2D eigenvalue weighted by Gasteiger charge is 2.23. The van der Waals surface area contributed by atoms with E-state index in [0.29, 0.717) is 17.2 Å². The van der Waals surface area contributed by atoms with Gasteiger partial charge in [-0.2, -0.15) is 0 Å². The number of halogens is 1. The Morgan fingerprint density at radius 2 is 1.74 bits per heavy atom. The number of pyridine rings is 1. The number of nitrogens with zero attached hydrogens (tertiary/aromatic N) is 3. The van der Waals surface area contributed by atoms with Crippen LogP contribution in [0.1, 0.15) is 10.4 Å². The first-order valence-electron chi connectivity index (χ1n) is 9.35. The van der Waals surface area contributed by atoms with Gasteiger partial charge in [0.2, 0.25) is 10.0 Å². The minimum atomic E-state index is -3.72. The van der Waals surface area contributed by atoms with E-state index >= 15 is 0 Å². The van der Waals surface area contributed by atoms with Crippen molar-refractivity contribution >= 4 is 39.0 Å². The van der Waals surface area contributed by atoms with Crippen molar-refractivity contribution in [2.45, 2.75) is 4.90 Å². The minimum absolute atomic E-state index is 0.0199. The van der Waals surface area contributed by atoms with Crippen LogP contribution in [-0.2, 0) is 10.0 Å². The molecule has 4 aromatic rings. The molecule has 0 bridgehead atoms. The summed E-state index contributed by atoms with van der Waals surface area (Å²) in [7, 11) is -0.871. The van der Waals surface area contributed by atoms with E-state index < -0.39 is 15.9 Å². The van der Waals surface area contributed by atoms with Crippen molar-refractivity contribution in [3.8, 4) is 11.3 Å². The molecule has 0 radical (unpaired) electrons.